The first kappa shape index (κ1) is 20.8. The zero-order valence-electron chi connectivity index (χ0n) is 16.9. The Morgan fingerprint density at radius 3 is 2.47 bits per heavy atom. The number of methoxy groups -OCH3 is 1. The Hall–Kier alpha value is -3.92. The maximum absolute atomic E-state index is 12.8. The zero-order valence-corrected chi connectivity index (χ0v) is 16.9. The minimum atomic E-state index is -0.565. The highest BCUT2D eigenvalue weighted by atomic mass is 16.5. The van der Waals surface area contributed by atoms with Crippen LogP contribution in [0.1, 0.15) is 36.4 Å². The molecule has 0 atom stereocenters. The SMILES string of the molecule is CCCN1C(=O)C(C#N)=C(C)/C(=C\c2ccc(-c3ccc(C(=O)OC)cc3)o2)C1=O. The van der Waals surface area contributed by atoms with Crippen LogP contribution >= 0.6 is 0 Å². The van der Waals surface area contributed by atoms with Gasteiger partial charge in [-0.25, -0.2) is 4.79 Å². The lowest BCUT2D eigenvalue weighted by atomic mass is 9.94. The van der Waals surface area contributed by atoms with Crippen molar-refractivity contribution < 1.29 is 23.5 Å². The van der Waals surface area contributed by atoms with Crippen molar-refractivity contribution >= 4 is 23.9 Å². The number of nitrogens with zero attached hydrogens (tertiary/aromatic N) is 2. The third-order valence-electron chi connectivity index (χ3n) is 4.78. The number of carbonyl (C=O) groups excluding carboxylic acids is 3. The maximum Gasteiger partial charge on any atom is 0.337 e. The normalized spacial score (nSPS) is 15.5. The van der Waals surface area contributed by atoms with Crippen LogP contribution in [0.15, 0.2) is 57.5 Å². The van der Waals surface area contributed by atoms with Crippen LogP contribution < -0.4 is 0 Å². The predicted molar refractivity (Wildman–Crippen MR) is 109 cm³/mol. The summed E-state index contributed by atoms with van der Waals surface area (Å²) in [6.45, 7) is 3.67. The van der Waals surface area contributed by atoms with Gasteiger partial charge in [-0.15, -0.1) is 0 Å². The molecule has 0 bridgehead atoms. The molecule has 2 aromatic rings. The van der Waals surface area contributed by atoms with Crippen LogP contribution in [0.5, 0.6) is 0 Å². The Kier molecular flexibility index (Phi) is 5.98. The number of esters is 1. The van der Waals surface area contributed by atoms with Gasteiger partial charge < -0.3 is 9.15 Å². The van der Waals surface area contributed by atoms with Crippen molar-refractivity contribution in [3.05, 3.63) is 64.4 Å². The van der Waals surface area contributed by atoms with Crippen LogP contribution in [-0.2, 0) is 14.3 Å². The Balaban J connectivity index is 1.95. The van der Waals surface area contributed by atoms with E-state index >= 15 is 0 Å². The maximum atomic E-state index is 12.8. The molecule has 0 aliphatic carbocycles. The van der Waals surface area contributed by atoms with Crippen molar-refractivity contribution in [1.29, 1.82) is 5.26 Å². The summed E-state index contributed by atoms with van der Waals surface area (Å²) >= 11 is 0. The van der Waals surface area contributed by atoms with E-state index in [2.05, 4.69) is 4.74 Å². The molecule has 3 rings (SSSR count). The van der Waals surface area contributed by atoms with Crippen molar-refractivity contribution in [3.8, 4) is 17.4 Å². The van der Waals surface area contributed by atoms with E-state index in [1.165, 1.54) is 13.2 Å². The van der Waals surface area contributed by atoms with Gasteiger partial charge in [-0.05, 0) is 49.3 Å². The second-order valence-corrected chi connectivity index (χ2v) is 6.70. The number of rotatable bonds is 5. The summed E-state index contributed by atoms with van der Waals surface area (Å²) in [6.07, 6.45) is 2.13. The van der Waals surface area contributed by atoms with Gasteiger partial charge in [0.05, 0.1) is 12.7 Å². The molecule has 30 heavy (non-hydrogen) atoms. The molecule has 1 aliphatic heterocycles. The van der Waals surface area contributed by atoms with Crippen molar-refractivity contribution in [2.75, 3.05) is 13.7 Å². The number of hydrogen-bond donors (Lipinski definition) is 0. The molecular formula is C23H20N2O5. The quantitative estimate of drug-likeness (QED) is 0.428. The van der Waals surface area contributed by atoms with Crippen molar-refractivity contribution in [2.45, 2.75) is 20.3 Å². The number of benzene rings is 1. The zero-order chi connectivity index (χ0) is 21.8. The summed E-state index contributed by atoms with van der Waals surface area (Å²) in [5.74, 6) is -0.481. The molecule has 0 radical (unpaired) electrons. The molecular weight excluding hydrogens is 384 g/mol. The number of imide groups is 1. The van der Waals surface area contributed by atoms with Gasteiger partial charge in [0, 0.05) is 17.7 Å². The van der Waals surface area contributed by atoms with Gasteiger partial charge in [0.2, 0.25) is 0 Å². The first-order chi connectivity index (χ1) is 14.4. The van der Waals surface area contributed by atoms with E-state index in [1.807, 2.05) is 13.0 Å². The van der Waals surface area contributed by atoms with Crippen LogP contribution in [0.4, 0.5) is 0 Å². The summed E-state index contributed by atoms with van der Waals surface area (Å²) in [4.78, 5) is 37.9. The van der Waals surface area contributed by atoms with E-state index < -0.39 is 17.8 Å². The average Bonchev–Trinajstić information content (AvgIpc) is 3.23. The van der Waals surface area contributed by atoms with Crippen LogP contribution in [0.2, 0.25) is 0 Å². The highest BCUT2D eigenvalue weighted by Crippen LogP contribution is 2.29. The van der Waals surface area contributed by atoms with Gasteiger partial charge >= 0.3 is 5.97 Å². The summed E-state index contributed by atoms with van der Waals surface area (Å²) in [7, 11) is 1.32. The fourth-order valence-corrected chi connectivity index (χ4v) is 3.17. The average molecular weight is 404 g/mol. The molecule has 7 heteroatoms. The first-order valence-corrected chi connectivity index (χ1v) is 9.39. The van der Waals surface area contributed by atoms with Crippen LogP contribution in [0.3, 0.4) is 0 Å². The van der Waals surface area contributed by atoms with Gasteiger partial charge in [0.1, 0.15) is 23.2 Å². The highest BCUT2D eigenvalue weighted by Gasteiger charge is 2.35. The number of amides is 2. The van der Waals surface area contributed by atoms with Crippen molar-refractivity contribution in [2.24, 2.45) is 0 Å². The molecule has 0 unspecified atom stereocenters. The fraction of sp³-hybridized carbons (Fsp3) is 0.217. The smallest absolute Gasteiger partial charge is 0.337 e. The summed E-state index contributed by atoms with van der Waals surface area (Å²) in [5, 5.41) is 9.37. The molecule has 0 spiro atoms. The van der Waals surface area contributed by atoms with Crippen LogP contribution in [0.25, 0.3) is 17.4 Å². The fourth-order valence-electron chi connectivity index (χ4n) is 3.17. The number of furan rings is 1. The lowest BCUT2D eigenvalue weighted by Gasteiger charge is -2.26. The van der Waals surface area contributed by atoms with E-state index in [4.69, 9.17) is 4.42 Å². The number of ether oxygens (including phenoxy) is 1. The molecule has 2 heterocycles. The van der Waals surface area contributed by atoms with E-state index in [0.717, 1.165) is 10.5 Å². The third-order valence-corrected chi connectivity index (χ3v) is 4.78. The Labute approximate surface area is 173 Å². The van der Waals surface area contributed by atoms with Gasteiger partial charge in [-0.1, -0.05) is 19.1 Å². The monoisotopic (exact) mass is 404 g/mol. The topological polar surface area (TPSA) is 101 Å². The largest absolute Gasteiger partial charge is 0.465 e. The lowest BCUT2D eigenvalue weighted by Crippen LogP contribution is -2.43. The minimum absolute atomic E-state index is 0.0421. The summed E-state index contributed by atoms with van der Waals surface area (Å²) in [5.41, 5.74) is 1.71. The van der Waals surface area contributed by atoms with Crippen molar-refractivity contribution in [3.63, 3.8) is 0 Å². The minimum Gasteiger partial charge on any atom is -0.465 e. The van der Waals surface area contributed by atoms with Crippen LogP contribution in [-0.4, -0.2) is 36.3 Å². The standard InChI is InChI=1S/C23H20N2O5/c1-4-11-25-21(26)18(14(2)19(13-24)22(25)27)12-17-9-10-20(30-17)15-5-7-16(8-6-15)23(28)29-3/h5-10,12H,4,11H2,1-3H3/b18-12+. The van der Waals surface area contributed by atoms with Crippen LogP contribution in [0, 0.1) is 11.3 Å². The Morgan fingerprint density at radius 2 is 1.87 bits per heavy atom. The highest BCUT2D eigenvalue weighted by molar-refractivity contribution is 6.19. The second kappa shape index (κ2) is 8.62. The number of hydrogen-bond acceptors (Lipinski definition) is 6. The molecule has 7 nitrogen and oxygen atoms in total. The van der Waals surface area contributed by atoms with E-state index in [9.17, 15) is 19.6 Å². The molecule has 1 aromatic carbocycles. The number of nitriles is 1. The summed E-state index contributed by atoms with van der Waals surface area (Å²) in [6, 6.07) is 12.1. The van der Waals surface area contributed by atoms with E-state index in [-0.39, 0.29) is 17.7 Å². The third kappa shape index (κ3) is 3.80. The molecule has 0 saturated heterocycles. The molecule has 1 aromatic heterocycles. The summed E-state index contributed by atoms with van der Waals surface area (Å²) < 4.78 is 10.5. The number of carbonyl (C=O) groups is 3. The molecule has 0 fully saturated rings. The van der Waals surface area contributed by atoms with E-state index in [0.29, 0.717) is 29.1 Å². The second-order valence-electron chi connectivity index (χ2n) is 6.70. The molecule has 152 valence electrons. The molecule has 2 amide bonds. The van der Waals surface area contributed by atoms with Gasteiger partial charge in [-0.3, -0.25) is 14.5 Å². The first-order valence-electron chi connectivity index (χ1n) is 9.39. The van der Waals surface area contributed by atoms with Gasteiger partial charge in [0.25, 0.3) is 11.8 Å². The Morgan fingerprint density at radius 1 is 1.17 bits per heavy atom. The Bertz CT molecular complexity index is 1110. The van der Waals surface area contributed by atoms with Gasteiger partial charge in [0.15, 0.2) is 0 Å². The van der Waals surface area contributed by atoms with Gasteiger partial charge in [-0.2, -0.15) is 5.26 Å². The molecule has 0 N–H and O–H groups in total. The molecule has 1 aliphatic rings. The predicted octanol–water partition coefficient (Wildman–Crippen LogP) is 3.74. The van der Waals surface area contributed by atoms with Crippen molar-refractivity contribution in [1.82, 2.24) is 4.90 Å². The lowest BCUT2D eigenvalue weighted by molar-refractivity contribution is -0.140. The molecule has 0 saturated carbocycles. The van der Waals surface area contributed by atoms with E-state index in [1.54, 1.807) is 43.3 Å².